The van der Waals surface area contributed by atoms with E-state index in [1.54, 1.807) is 15.8 Å². The maximum Gasteiger partial charge on any atom is 0.320 e. The lowest BCUT2D eigenvalue weighted by Crippen LogP contribution is -2.55. The van der Waals surface area contributed by atoms with Crippen molar-refractivity contribution in [3.05, 3.63) is 16.6 Å². The number of hydrogen-bond donors (Lipinski definition) is 0. The number of aromatic nitrogens is 1. The zero-order chi connectivity index (χ0) is 14.7. The first-order valence-electron chi connectivity index (χ1n) is 7.05. The summed E-state index contributed by atoms with van der Waals surface area (Å²) in [5.74, 6) is -0.0466. The fourth-order valence-corrected chi connectivity index (χ4v) is 3.06. The van der Waals surface area contributed by atoms with Gasteiger partial charge in [0.25, 0.3) is 5.91 Å². The van der Waals surface area contributed by atoms with Gasteiger partial charge in [-0.05, 0) is 0 Å². The number of rotatable bonds is 1. The average Bonchev–Trinajstić information content (AvgIpc) is 3.09. The van der Waals surface area contributed by atoms with Crippen LogP contribution in [0.1, 0.15) is 10.5 Å². The van der Waals surface area contributed by atoms with E-state index in [0.717, 1.165) is 0 Å². The molecule has 2 aliphatic rings. The van der Waals surface area contributed by atoms with Crippen LogP contribution in [-0.2, 0) is 4.74 Å². The molecular weight excluding hydrogens is 292 g/mol. The largest absolute Gasteiger partial charge is 0.378 e. The number of thiazole rings is 1. The van der Waals surface area contributed by atoms with Crippen molar-refractivity contribution in [3.8, 4) is 0 Å². The lowest BCUT2D eigenvalue weighted by Gasteiger charge is -2.38. The van der Waals surface area contributed by atoms with Crippen LogP contribution < -0.4 is 0 Å². The minimum atomic E-state index is -0.0466. The number of carbonyl (C=O) groups is 2. The first-order chi connectivity index (χ1) is 10.3. The van der Waals surface area contributed by atoms with Gasteiger partial charge in [-0.25, -0.2) is 9.78 Å². The second kappa shape index (κ2) is 6.40. The van der Waals surface area contributed by atoms with Crippen molar-refractivity contribution >= 4 is 23.3 Å². The number of morpholine rings is 1. The molecule has 1 aromatic rings. The molecular formula is C13H18N4O3S. The van der Waals surface area contributed by atoms with Crippen molar-refractivity contribution in [2.75, 3.05) is 52.5 Å². The molecule has 2 fully saturated rings. The van der Waals surface area contributed by atoms with Gasteiger partial charge in [0.05, 0.1) is 18.7 Å². The molecule has 0 unspecified atom stereocenters. The Balaban J connectivity index is 1.52. The third-order valence-electron chi connectivity index (χ3n) is 3.77. The summed E-state index contributed by atoms with van der Waals surface area (Å²) < 4.78 is 5.26. The topological polar surface area (TPSA) is 66.0 Å². The Labute approximate surface area is 127 Å². The Kier molecular flexibility index (Phi) is 4.35. The summed E-state index contributed by atoms with van der Waals surface area (Å²) in [7, 11) is 0. The summed E-state index contributed by atoms with van der Waals surface area (Å²) in [5, 5.41) is 1.76. The zero-order valence-corrected chi connectivity index (χ0v) is 12.5. The second-order valence-corrected chi connectivity index (χ2v) is 5.75. The molecule has 3 rings (SSSR count). The summed E-state index contributed by atoms with van der Waals surface area (Å²) >= 11 is 1.41. The lowest BCUT2D eigenvalue weighted by atomic mass is 10.3. The first-order valence-corrected chi connectivity index (χ1v) is 7.99. The van der Waals surface area contributed by atoms with Crippen LogP contribution in [0.5, 0.6) is 0 Å². The summed E-state index contributed by atoms with van der Waals surface area (Å²) in [6.45, 7) is 4.78. The van der Waals surface area contributed by atoms with E-state index in [-0.39, 0.29) is 11.9 Å². The molecule has 21 heavy (non-hydrogen) atoms. The molecule has 0 bridgehead atoms. The molecule has 0 spiro atoms. The van der Waals surface area contributed by atoms with Crippen molar-refractivity contribution in [2.45, 2.75) is 0 Å². The van der Waals surface area contributed by atoms with Crippen LogP contribution in [0.3, 0.4) is 0 Å². The minimum absolute atomic E-state index is 0.0466. The van der Waals surface area contributed by atoms with Crippen LogP contribution in [-0.4, -0.2) is 84.1 Å². The molecule has 0 saturated carbocycles. The Morgan fingerprint density at radius 3 is 2.24 bits per heavy atom. The van der Waals surface area contributed by atoms with E-state index in [1.807, 2.05) is 9.80 Å². The van der Waals surface area contributed by atoms with Gasteiger partial charge in [0.15, 0.2) is 0 Å². The monoisotopic (exact) mass is 310 g/mol. The van der Waals surface area contributed by atoms with Gasteiger partial charge in [-0.15, -0.1) is 11.3 Å². The number of carbonyl (C=O) groups excluding carboxylic acids is 2. The van der Waals surface area contributed by atoms with Crippen LogP contribution in [0.4, 0.5) is 4.79 Å². The molecule has 0 aromatic carbocycles. The fraction of sp³-hybridized carbons (Fsp3) is 0.615. The van der Waals surface area contributed by atoms with Crippen molar-refractivity contribution in [2.24, 2.45) is 0 Å². The van der Waals surface area contributed by atoms with Crippen LogP contribution in [0, 0.1) is 0 Å². The molecule has 3 heterocycles. The Morgan fingerprint density at radius 1 is 1.00 bits per heavy atom. The van der Waals surface area contributed by atoms with Crippen molar-refractivity contribution in [1.82, 2.24) is 19.7 Å². The molecule has 0 radical (unpaired) electrons. The van der Waals surface area contributed by atoms with E-state index in [2.05, 4.69) is 4.98 Å². The third kappa shape index (κ3) is 3.16. The van der Waals surface area contributed by atoms with E-state index in [4.69, 9.17) is 4.74 Å². The smallest absolute Gasteiger partial charge is 0.320 e. The van der Waals surface area contributed by atoms with Gasteiger partial charge in [0.1, 0.15) is 5.69 Å². The first kappa shape index (κ1) is 14.3. The molecule has 8 heteroatoms. The molecule has 2 saturated heterocycles. The lowest BCUT2D eigenvalue weighted by molar-refractivity contribution is 0.0362. The second-order valence-electron chi connectivity index (χ2n) is 5.03. The Bertz CT molecular complexity index is 494. The van der Waals surface area contributed by atoms with Crippen LogP contribution in [0.25, 0.3) is 0 Å². The van der Waals surface area contributed by atoms with Gasteiger partial charge >= 0.3 is 6.03 Å². The van der Waals surface area contributed by atoms with Gasteiger partial charge < -0.3 is 19.4 Å². The molecule has 0 atom stereocenters. The third-order valence-corrected chi connectivity index (χ3v) is 4.36. The van der Waals surface area contributed by atoms with Crippen LogP contribution in [0.15, 0.2) is 10.9 Å². The van der Waals surface area contributed by atoms with E-state index in [0.29, 0.717) is 58.2 Å². The highest BCUT2D eigenvalue weighted by molar-refractivity contribution is 7.07. The molecule has 3 amide bonds. The normalized spacial score (nSPS) is 19.7. The maximum atomic E-state index is 12.3. The van der Waals surface area contributed by atoms with E-state index < -0.39 is 0 Å². The SMILES string of the molecule is O=C(c1cscn1)N1CCN(C(=O)N2CCOCC2)CC1. The van der Waals surface area contributed by atoms with Gasteiger partial charge in [-0.1, -0.05) is 0 Å². The van der Waals surface area contributed by atoms with E-state index >= 15 is 0 Å². The number of piperazine rings is 1. The Morgan fingerprint density at radius 2 is 1.62 bits per heavy atom. The highest BCUT2D eigenvalue weighted by atomic mass is 32.1. The number of urea groups is 1. The zero-order valence-electron chi connectivity index (χ0n) is 11.7. The number of amides is 3. The standard InChI is InChI=1S/C13H18N4O3S/c18-12(11-9-21-10-14-11)15-1-3-16(4-2-15)13(19)17-5-7-20-8-6-17/h9-10H,1-8H2. The van der Waals surface area contributed by atoms with Gasteiger partial charge in [0.2, 0.25) is 0 Å². The van der Waals surface area contributed by atoms with Gasteiger partial charge in [-0.2, -0.15) is 0 Å². The van der Waals surface area contributed by atoms with E-state index in [9.17, 15) is 9.59 Å². The highest BCUT2D eigenvalue weighted by Crippen LogP contribution is 2.11. The number of nitrogens with zero attached hydrogens (tertiary/aromatic N) is 4. The summed E-state index contributed by atoms with van der Waals surface area (Å²) in [6.07, 6.45) is 0. The quantitative estimate of drug-likeness (QED) is 0.751. The summed E-state index contributed by atoms with van der Waals surface area (Å²) in [6, 6.07) is 0.0547. The fourth-order valence-electron chi connectivity index (χ4n) is 2.54. The van der Waals surface area contributed by atoms with Crippen molar-refractivity contribution in [3.63, 3.8) is 0 Å². The maximum absolute atomic E-state index is 12.3. The minimum Gasteiger partial charge on any atom is -0.378 e. The highest BCUT2D eigenvalue weighted by Gasteiger charge is 2.28. The molecule has 1 aromatic heterocycles. The van der Waals surface area contributed by atoms with Crippen molar-refractivity contribution in [1.29, 1.82) is 0 Å². The van der Waals surface area contributed by atoms with Gasteiger partial charge in [-0.3, -0.25) is 4.79 Å². The average molecular weight is 310 g/mol. The van der Waals surface area contributed by atoms with Crippen molar-refractivity contribution < 1.29 is 14.3 Å². The molecule has 7 nitrogen and oxygen atoms in total. The van der Waals surface area contributed by atoms with Gasteiger partial charge in [0, 0.05) is 44.6 Å². The van der Waals surface area contributed by atoms with Crippen LogP contribution >= 0.6 is 11.3 Å². The number of ether oxygens (including phenoxy) is 1. The Hall–Kier alpha value is -1.67. The molecule has 0 aliphatic carbocycles. The summed E-state index contributed by atoms with van der Waals surface area (Å²) in [4.78, 5) is 34.0. The predicted molar refractivity (Wildman–Crippen MR) is 77.4 cm³/mol. The number of hydrogen-bond acceptors (Lipinski definition) is 5. The molecule has 0 N–H and O–H groups in total. The summed E-state index contributed by atoms with van der Waals surface area (Å²) in [5.41, 5.74) is 2.15. The van der Waals surface area contributed by atoms with Crippen LogP contribution in [0.2, 0.25) is 0 Å². The van der Waals surface area contributed by atoms with E-state index in [1.165, 1.54) is 11.3 Å². The molecule has 114 valence electrons. The molecule has 2 aliphatic heterocycles. The predicted octanol–water partition coefficient (Wildman–Crippen LogP) is 0.353.